The van der Waals surface area contributed by atoms with Gasteiger partial charge in [0.1, 0.15) is 30.1 Å². The molecule has 2 aromatic rings. The molecular formula is C25H31NO6. The second kappa shape index (κ2) is 10.0. The van der Waals surface area contributed by atoms with Crippen molar-refractivity contribution in [1.82, 2.24) is 5.32 Å². The van der Waals surface area contributed by atoms with E-state index in [0.717, 1.165) is 12.0 Å². The van der Waals surface area contributed by atoms with Gasteiger partial charge in [-0.05, 0) is 30.0 Å². The molecule has 2 saturated heterocycles. The molecule has 0 aromatic heterocycles. The van der Waals surface area contributed by atoms with Crippen LogP contribution in [0.3, 0.4) is 0 Å². The van der Waals surface area contributed by atoms with E-state index in [1.165, 1.54) is 12.5 Å². The standard InChI is InChI=1S/C25H31NO6/c1-4-15(2)17-10-12-19(13-11-17)30-25-21(26-16(3)27)22(28)23-20(31-25)14-29-24(32-23)18-8-6-5-7-9-18/h5-13,15,20-25,28H,4,14H2,1-3H3,(H,26,27)/t15-,20+,21-,22-,23-,24-,25+/m0/s1. The quantitative estimate of drug-likeness (QED) is 0.716. The van der Waals surface area contributed by atoms with E-state index in [2.05, 4.69) is 19.2 Å². The molecule has 0 aliphatic carbocycles. The van der Waals surface area contributed by atoms with E-state index in [-0.39, 0.29) is 12.5 Å². The highest BCUT2D eigenvalue weighted by molar-refractivity contribution is 5.73. The molecule has 0 saturated carbocycles. The van der Waals surface area contributed by atoms with Crippen LogP contribution in [-0.4, -0.2) is 48.3 Å². The van der Waals surface area contributed by atoms with Crippen LogP contribution in [0, 0.1) is 0 Å². The highest BCUT2D eigenvalue weighted by atomic mass is 16.7. The average Bonchev–Trinajstić information content (AvgIpc) is 2.82. The summed E-state index contributed by atoms with van der Waals surface area (Å²) >= 11 is 0. The molecule has 0 radical (unpaired) electrons. The molecule has 0 bridgehead atoms. The molecule has 172 valence electrons. The fourth-order valence-corrected chi connectivity index (χ4v) is 4.11. The van der Waals surface area contributed by atoms with E-state index >= 15 is 0 Å². The summed E-state index contributed by atoms with van der Waals surface area (Å²) in [6.07, 6.45) is -2.67. The molecule has 0 spiro atoms. The largest absolute Gasteiger partial charge is 0.463 e. The van der Waals surface area contributed by atoms with Gasteiger partial charge < -0.3 is 29.4 Å². The monoisotopic (exact) mass is 441 g/mol. The summed E-state index contributed by atoms with van der Waals surface area (Å²) in [5.74, 6) is 0.769. The van der Waals surface area contributed by atoms with Gasteiger partial charge in [0.05, 0.1) is 6.61 Å². The van der Waals surface area contributed by atoms with Gasteiger partial charge in [0.25, 0.3) is 0 Å². The molecule has 2 aliphatic rings. The Morgan fingerprint density at radius 2 is 1.88 bits per heavy atom. The number of amides is 1. The summed E-state index contributed by atoms with van der Waals surface area (Å²) in [5, 5.41) is 13.9. The first kappa shape index (κ1) is 22.7. The van der Waals surface area contributed by atoms with Crippen LogP contribution >= 0.6 is 0 Å². The molecular weight excluding hydrogens is 410 g/mol. The van der Waals surface area contributed by atoms with Crippen molar-refractivity contribution in [3.05, 3.63) is 65.7 Å². The van der Waals surface area contributed by atoms with Crippen molar-refractivity contribution in [2.24, 2.45) is 0 Å². The normalized spacial score (nSPS) is 30.8. The van der Waals surface area contributed by atoms with Crippen LogP contribution in [0.1, 0.15) is 50.5 Å². The zero-order valence-corrected chi connectivity index (χ0v) is 18.6. The van der Waals surface area contributed by atoms with Crippen molar-refractivity contribution in [3.8, 4) is 5.75 Å². The number of ether oxygens (including phenoxy) is 4. The zero-order valence-electron chi connectivity index (χ0n) is 18.6. The van der Waals surface area contributed by atoms with E-state index in [4.69, 9.17) is 18.9 Å². The lowest BCUT2D eigenvalue weighted by atomic mass is 9.95. The topological polar surface area (TPSA) is 86.2 Å². The minimum Gasteiger partial charge on any atom is -0.463 e. The van der Waals surface area contributed by atoms with Crippen molar-refractivity contribution in [1.29, 1.82) is 0 Å². The first-order chi connectivity index (χ1) is 15.5. The van der Waals surface area contributed by atoms with Gasteiger partial charge in [-0.1, -0.05) is 56.3 Å². The molecule has 2 heterocycles. The van der Waals surface area contributed by atoms with Gasteiger partial charge in [-0.3, -0.25) is 4.79 Å². The molecule has 2 N–H and O–H groups in total. The van der Waals surface area contributed by atoms with E-state index in [1.807, 2.05) is 54.6 Å². The summed E-state index contributed by atoms with van der Waals surface area (Å²) in [4.78, 5) is 11.9. The van der Waals surface area contributed by atoms with Gasteiger partial charge in [0, 0.05) is 12.5 Å². The van der Waals surface area contributed by atoms with Gasteiger partial charge in [0.2, 0.25) is 12.2 Å². The Balaban J connectivity index is 1.50. The molecule has 32 heavy (non-hydrogen) atoms. The molecule has 2 aromatic carbocycles. The Labute approximate surface area is 188 Å². The van der Waals surface area contributed by atoms with Gasteiger partial charge in [0.15, 0.2) is 6.29 Å². The Bertz CT molecular complexity index is 889. The Morgan fingerprint density at radius 1 is 1.16 bits per heavy atom. The number of fused-ring (bicyclic) bond motifs is 1. The van der Waals surface area contributed by atoms with Gasteiger partial charge in [-0.25, -0.2) is 0 Å². The fraction of sp³-hybridized carbons (Fsp3) is 0.480. The van der Waals surface area contributed by atoms with Gasteiger partial charge in [-0.15, -0.1) is 0 Å². The van der Waals surface area contributed by atoms with Crippen LogP contribution in [0.25, 0.3) is 0 Å². The van der Waals surface area contributed by atoms with E-state index in [1.54, 1.807) is 0 Å². The predicted molar refractivity (Wildman–Crippen MR) is 118 cm³/mol. The van der Waals surface area contributed by atoms with Crippen LogP contribution in [-0.2, 0) is 19.0 Å². The number of carbonyl (C=O) groups excluding carboxylic acids is 1. The highest BCUT2D eigenvalue weighted by Gasteiger charge is 2.50. The van der Waals surface area contributed by atoms with Crippen LogP contribution in [0.2, 0.25) is 0 Å². The highest BCUT2D eigenvalue weighted by Crippen LogP contribution is 2.35. The van der Waals surface area contributed by atoms with E-state index in [9.17, 15) is 9.90 Å². The Hall–Kier alpha value is -2.45. The van der Waals surface area contributed by atoms with Crippen LogP contribution < -0.4 is 10.1 Å². The van der Waals surface area contributed by atoms with Crippen LogP contribution in [0.5, 0.6) is 5.75 Å². The zero-order chi connectivity index (χ0) is 22.7. The third kappa shape index (κ3) is 4.96. The first-order valence-electron chi connectivity index (χ1n) is 11.2. The number of nitrogens with one attached hydrogen (secondary N) is 1. The molecule has 0 unspecified atom stereocenters. The number of carbonyl (C=O) groups is 1. The maximum absolute atomic E-state index is 11.9. The smallest absolute Gasteiger partial charge is 0.223 e. The summed E-state index contributed by atoms with van der Waals surface area (Å²) in [7, 11) is 0. The van der Waals surface area contributed by atoms with Crippen LogP contribution in [0.15, 0.2) is 54.6 Å². The molecule has 4 rings (SSSR count). The lowest BCUT2D eigenvalue weighted by Gasteiger charge is -2.47. The first-order valence-corrected chi connectivity index (χ1v) is 11.2. The van der Waals surface area contributed by atoms with E-state index < -0.39 is 36.9 Å². The maximum Gasteiger partial charge on any atom is 0.223 e. The summed E-state index contributed by atoms with van der Waals surface area (Å²) < 4.78 is 24.1. The fourth-order valence-electron chi connectivity index (χ4n) is 4.11. The van der Waals surface area contributed by atoms with Crippen LogP contribution in [0.4, 0.5) is 0 Å². The third-order valence-electron chi connectivity index (χ3n) is 6.12. The van der Waals surface area contributed by atoms with Crippen molar-refractivity contribution < 1.29 is 28.8 Å². The molecule has 7 nitrogen and oxygen atoms in total. The van der Waals surface area contributed by atoms with Gasteiger partial charge >= 0.3 is 0 Å². The SMILES string of the molecule is CC[C@H](C)c1ccc(O[C@@H]2O[C@@H]3CO[C@H](c4ccccc4)O[C@@H]3[C@@H](O)[C@@H]2NC(C)=O)cc1. The second-order valence-corrected chi connectivity index (χ2v) is 8.43. The number of hydrogen-bond donors (Lipinski definition) is 2. The number of benzene rings is 2. The lowest BCUT2D eigenvalue weighted by molar-refractivity contribution is -0.333. The number of rotatable bonds is 6. The number of aliphatic hydroxyl groups excluding tert-OH is 1. The predicted octanol–water partition coefficient (Wildman–Crippen LogP) is 3.28. The number of hydrogen-bond acceptors (Lipinski definition) is 6. The van der Waals surface area contributed by atoms with Crippen molar-refractivity contribution in [2.45, 2.75) is 70.0 Å². The average molecular weight is 442 g/mol. The van der Waals surface area contributed by atoms with Crippen molar-refractivity contribution >= 4 is 5.91 Å². The minimum atomic E-state index is -1.03. The minimum absolute atomic E-state index is 0.237. The summed E-state index contributed by atoms with van der Waals surface area (Å²) in [6.45, 7) is 5.96. The summed E-state index contributed by atoms with van der Waals surface area (Å²) in [6, 6.07) is 16.5. The molecule has 2 fully saturated rings. The maximum atomic E-state index is 11.9. The summed E-state index contributed by atoms with van der Waals surface area (Å²) in [5.41, 5.74) is 2.08. The number of aliphatic hydroxyl groups is 1. The molecule has 1 amide bonds. The Kier molecular flexibility index (Phi) is 7.10. The third-order valence-corrected chi connectivity index (χ3v) is 6.12. The Morgan fingerprint density at radius 3 is 2.53 bits per heavy atom. The molecule has 7 atom stereocenters. The lowest BCUT2D eigenvalue weighted by Crippen LogP contribution is -2.67. The van der Waals surface area contributed by atoms with E-state index in [0.29, 0.717) is 11.7 Å². The van der Waals surface area contributed by atoms with Crippen molar-refractivity contribution in [2.75, 3.05) is 6.61 Å². The second-order valence-electron chi connectivity index (χ2n) is 8.43. The van der Waals surface area contributed by atoms with Gasteiger partial charge in [-0.2, -0.15) is 0 Å². The molecule has 2 aliphatic heterocycles. The molecule has 7 heteroatoms. The van der Waals surface area contributed by atoms with Crippen molar-refractivity contribution in [3.63, 3.8) is 0 Å².